The lowest BCUT2D eigenvalue weighted by atomic mass is 10.1. The van der Waals surface area contributed by atoms with Crippen molar-refractivity contribution in [2.45, 2.75) is 45.4 Å². The fourth-order valence-corrected chi connectivity index (χ4v) is 1.45. The van der Waals surface area contributed by atoms with Gasteiger partial charge in [-0.3, -0.25) is 4.90 Å². The van der Waals surface area contributed by atoms with Crippen molar-refractivity contribution in [2.24, 2.45) is 5.73 Å². The molecule has 1 saturated heterocycles. The number of nitrogens with zero attached hydrogens (tertiary/aromatic N) is 1. The summed E-state index contributed by atoms with van der Waals surface area (Å²) in [5.41, 5.74) is 5.78. The molecule has 1 rings (SSSR count). The van der Waals surface area contributed by atoms with Gasteiger partial charge in [-0.25, -0.2) is 4.79 Å². The Hall–Kier alpha value is -0.770. The summed E-state index contributed by atoms with van der Waals surface area (Å²) in [6.45, 7) is 4.41. The number of nitrogens with two attached hydrogens (primary N) is 1. The minimum absolute atomic E-state index is 0.0679. The fourth-order valence-electron chi connectivity index (χ4n) is 1.45. The molecule has 0 radical (unpaired) electrons. The average molecular weight is 186 g/mol. The molecule has 0 aromatic carbocycles. The van der Waals surface area contributed by atoms with Gasteiger partial charge in [-0.1, -0.05) is 0 Å². The van der Waals surface area contributed by atoms with Gasteiger partial charge < -0.3 is 10.5 Å². The third-order valence-electron chi connectivity index (χ3n) is 2.12. The molecule has 0 saturated carbocycles. The Balaban J connectivity index is 2.44. The molecule has 13 heavy (non-hydrogen) atoms. The van der Waals surface area contributed by atoms with Gasteiger partial charge in [0.1, 0.15) is 0 Å². The molecule has 1 aliphatic heterocycles. The van der Waals surface area contributed by atoms with Crippen LogP contribution >= 0.6 is 0 Å². The van der Waals surface area contributed by atoms with Crippen LogP contribution in [0.15, 0.2) is 0 Å². The summed E-state index contributed by atoms with van der Waals surface area (Å²) in [6, 6.07) is 0. The van der Waals surface area contributed by atoms with Gasteiger partial charge in [0.15, 0.2) is 0 Å². The van der Waals surface area contributed by atoms with E-state index in [1.165, 1.54) is 0 Å². The quantitative estimate of drug-likeness (QED) is 0.671. The SMILES string of the molecule is CC(C)OC(=O)N1CCCCC1N. The summed E-state index contributed by atoms with van der Waals surface area (Å²) in [6.07, 6.45) is 2.52. The maximum atomic E-state index is 11.4. The largest absolute Gasteiger partial charge is 0.447 e. The molecule has 4 heteroatoms. The van der Waals surface area contributed by atoms with Gasteiger partial charge in [0.25, 0.3) is 0 Å². The molecule has 1 fully saturated rings. The predicted molar refractivity (Wildman–Crippen MR) is 50.1 cm³/mol. The molecular weight excluding hydrogens is 168 g/mol. The normalized spacial score (nSPS) is 23.4. The highest BCUT2D eigenvalue weighted by atomic mass is 16.6. The molecule has 1 unspecified atom stereocenters. The first kappa shape index (κ1) is 10.3. The minimum atomic E-state index is -0.276. The van der Waals surface area contributed by atoms with Crippen molar-refractivity contribution in [1.82, 2.24) is 4.90 Å². The molecule has 2 N–H and O–H groups in total. The second kappa shape index (κ2) is 4.46. The number of carbonyl (C=O) groups excluding carboxylic acids is 1. The molecule has 1 aliphatic rings. The van der Waals surface area contributed by atoms with Crippen LogP contribution in [0, 0.1) is 0 Å². The number of amides is 1. The molecule has 1 amide bonds. The lowest BCUT2D eigenvalue weighted by molar-refractivity contribution is 0.0542. The highest BCUT2D eigenvalue weighted by molar-refractivity contribution is 5.68. The zero-order valence-corrected chi connectivity index (χ0v) is 8.32. The summed E-state index contributed by atoms with van der Waals surface area (Å²) in [7, 11) is 0. The van der Waals surface area contributed by atoms with Crippen LogP contribution in [0.2, 0.25) is 0 Å². The van der Waals surface area contributed by atoms with Crippen molar-refractivity contribution in [3.8, 4) is 0 Å². The fraction of sp³-hybridized carbons (Fsp3) is 0.889. The number of rotatable bonds is 1. The number of ether oxygens (including phenoxy) is 1. The first-order valence-electron chi connectivity index (χ1n) is 4.84. The first-order valence-corrected chi connectivity index (χ1v) is 4.84. The number of likely N-dealkylation sites (tertiary alicyclic amines) is 1. The molecule has 0 bridgehead atoms. The summed E-state index contributed by atoms with van der Waals surface area (Å²) >= 11 is 0. The van der Waals surface area contributed by atoms with Crippen molar-refractivity contribution >= 4 is 6.09 Å². The molecule has 76 valence electrons. The average Bonchev–Trinajstić information content (AvgIpc) is 2.03. The van der Waals surface area contributed by atoms with Crippen LogP contribution in [0.1, 0.15) is 33.1 Å². The van der Waals surface area contributed by atoms with Gasteiger partial charge in [0.2, 0.25) is 0 Å². The monoisotopic (exact) mass is 186 g/mol. The number of hydrogen-bond donors (Lipinski definition) is 1. The van der Waals surface area contributed by atoms with Crippen molar-refractivity contribution in [2.75, 3.05) is 6.54 Å². The van der Waals surface area contributed by atoms with Crippen LogP contribution in [0.3, 0.4) is 0 Å². The standard InChI is InChI=1S/C9H18N2O2/c1-7(2)13-9(12)11-6-4-3-5-8(11)10/h7-8H,3-6,10H2,1-2H3. The van der Waals surface area contributed by atoms with E-state index in [1.54, 1.807) is 4.90 Å². The number of hydrogen-bond acceptors (Lipinski definition) is 3. The van der Waals surface area contributed by atoms with E-state index in [0.29, 0.717) is 0 Å². The van der Waals surface area contributed by atoms with E-state index in [4.69, 9.17) is 10.5 Å². The van der Waals surface area contributed by atoms with E-state index in [1.807, 2.05) is 13.8 Å². The second-order valence-corrected chi connectivity index (χ2v) is 3.69. The maximum absolute atomic E-state index is 11.4. The zero-order valence-electron chi connectivity index (χ0n) is 8.32. The van der Waals surface area contributed by atoms with Crippen molar-refractivity contribution in [1.29, 1.82) is 0 Å². The Morgan fingerprint density at radius 1 is 1.54 bits per heavy atom. The van der Waals surface area contributed by atoms with E-state index in [0.717, 1.165) is 25.8 Å². The molecular formula is C9H18N2O2. The lowest BCUT2D eigenvalue weighted by Crippen LogP contribution is -2.49. The van der Waals surface area contributed by atoms with Crippen LogP contribution in [0.25, 0.3) is 0 Å². The molecule has 1 heterocycles. The predicted octanol–water partition coefficient (Wildman–Crippen LogP) is 1.30. The highest BCUT2D eigenvalue weighted by Gasteiger charge is 2.25. The van der Waals surface area contributed by atoms with Crippen LogP contribution in [-0.4, -0.2) is 29.8 Å². The van der Waals surface area contributed by atoms with Crippen molar-refractivity contribution < 1.29 is 9.53 Å². The Labute approximate surface area is 79.0 Å². The smallest absolute Gasteiger partial charge is 0.411 e. The van der Waals surface area contributed by atoms with E-state index >= 15 is 0 Å². The molecule has 0 aromatic rings. The topological polar surface area (TPSA) is 55.6 Å². The molecule has 4 nitrogen and oxygen atoms in total. The van der Waals surface area contributed by atoms with E-state index in [2.05, 4.69) is 0 Å². The Morgan fingerprint density at radius 2 is 2.23 bits per heavy atom. The Kier molecular flexibility index (Phi) is 3.54. The van der Waals surface area contributed by atoms with Gasteiger partial charge in [-0.15, -0.1) is 0 Å². The summed E-state index contributed by atoms with van der Waals surface area (Å²) < 4.78 is 5.07. The molecule has 0 aromatic heterocycles. The zero-order chi connectivity index (χ0) is 9.84. The molecule has 1 atom stereocenters. The van der Waals surface area contributed by atoms with Gasteiger partial charge in [0, 0.05) is 6.54 Å². The highest BCUT2D eigenvalue weighted by Crippen LogP contribution is 2.14. The third-order valence-corrected chi connectivity index (χ3v) is 2.12. The van der Waals surface area contributed by atoms with E-state index < -0.39 is 0 Å². The van der Waals surface area contributed by atoms with Crippen LogP contribution in [-0.2, 0) is 4.74 Å². The minimum Gasteiger partial charge on any atom is -0.447 e. The van der Waals surface area contributed by atoms with Crippen molar-refractivity contribution in [3.63, 3.8) is 0 Å². The summed E-state index contributed by atoms with van der Waals surface area (Å²) in [4.78, 5) is 13.1. The van der Waals surface area contributed by atoms with Gasteiger partial charge >= 0.3 is 6.09 Å². The van der Waals surface area contributed by atoms with Crippen LogP contribution in [0.5, 0.6) is 0 Å². The van der Waals surface area contributed by atoms with E-state index in [9.17, 15) is 4.79 Å². The lowest BCUT2D eigenvalue weighted by Gasteiger charge is -2.32. The number of carbonyl (C=O) groups is 1. The third kappa shape index (κ3) is 2.88. The van der Waals surface area contributed by atoms with Gasteiger partial charge in [-0.05, 0) is 33.1 Å². The van der Waals surface area contributed by atoms with Crippen LogP contribution in [0.4, 0.5) is 4.79 Å². The van der Waals surface area contributed by atoms with Crippen LogP contribution < -0.4 is 5.73 Å². The molecule has 0 aliphatic carbocycles. The van der Waals surface area contributed by atoms with Gasteiger partial charge in [0.05, 0.1) is 12.3 Å². The summed E-state index contributed by atoms with van der Waals surface area (Å²) in [5.74, 6) is 0. The van der Waals surface area contributed by atoms with E-state index in [-0.39, 0.29) is 18.4 Å². The first-order chi connectivity index (χ1) is 6.11. The Bertz CT molecular complexity index is 182. The second-order valence-electron chi connectivity index (χ2n) is 3.69. The summed E-state index contributed by atoms with van der Waals surface area (Å²) in [5, 5.41) is 0. The Morgan fingerprint density at radius 3 is 2.77 bits per heavy atom. The maximum Gasteiger partial charge on any atom is 0.411 e. The number of piperidine rings is 1. The molecule has 0 spiro atoms. The van der Waals surface area contributed by atoms with Gasteiger partial charge in [-0.2, -0.15) is 0 Å². The van der Waals surface area contributed by atoms with Crippen molar-refractivity contribution in [3.05, 3.63) is 0 Å².